The van der Waals surface area contributed by atoms with Gasteiger partial charge in [-0.25, -0.2) is 0 Å². The molecule has 20 heavy (non-hydrogen) atoms. The summed E-state index contributed by atoms with van der Waals surface area (Å²) < 4.78 is 5.41. The predicted molar refractivity (Wildman–Crippen MR) is 79.1 cm³/mol. The van der Waals surface area contributed by atoms with Crippen LogP contribution in [0.4, 0.5) is 0 Å². The van der Waals surface area contributed by atoms with Gasteiger partial charge in [0.25, 0.3) is 0 Å². The SMILES string of the molecule is CCNC(=O)CCNCC(O)COc1ccccc1Cl. The molecule has 0 radical (unpaired) electrons. The third-order valence-electron chi connectivity index (χ3n) is 2.55. The van der Waals surface area contributed by atoms with Crippen LogP contribution in [0.1, 0.15) is 13.3 Å². The number of benzene rings is 1. The number of halogens is 1. The molecule has 0 heterocycles. The summed E-state index contributed by atoms with van der Waals surface area (Å²) in [5, 5.41) is 16.0. The van der Waals surface area contributed by atoms with Crippen LogP contribution in [-0.4, -0.2) is 43.4 Å². The number of rotatable bonds is 9. The van der Waals surface area contributed by atoms with Crippen molar-refractivity contribution in [1.29, 1.82) is 0 Å². The first kappa shape index (κ1) is 16.8. The summed E-state index contributed by atoms with van der Waals surface area (Å²) in [4.78, 5) is 11.2. The Morgan fingerprint density at radius 1 is 1.45 bits per heavy atom. The Balaban J connectivity index is 2.13. The predicted octanol–water partition coefficient (Wildman–Crippen LogP) is 1.20. The minimum Gasteiger partial charge on any atom is -0.489 e. The van der Waals surface area contributed by atoms with Gasteiger partial charge in [0.1, 0.15) is 18.5 Å². The Morgan fingerprint density at radius 3 is 2.90 bits per heavy atom. The number of amides is 1. The zero-order valence-corrected chi connectivity index (χ0v) is 12.3. The van der Waals surface area contributed by atoms with Crippen molar-refractivity contribution in [3.63, 3.8) is 0 Å². The third-order valence-corrected chi connectivity index (χ3v) is 2.86. The molecule has 1 aromatic rings. The standard InChI is InChI=1S/C14H21ClN2O3/c1-2-17-14(19)7-8-16-9-11(18)10-20-13-6-4-3-5-12(13)15/h3-6,11,16,18H,2,7-10H2,1H3,(H,17,19). The lowest BCUT2D eigenvalue weighted by atomic mass is 10.3. The second kappa shape index (κ2) is 9.58. The number of hydrogen-bond acceptors (Lipinski definition) is 4. The van der Waals surface area contributed by atoms with Crippen LogP contribution in [0, 0.1) is 0 Å². The Labute approximate surface area is 124 Å². The molecule has 0 aromatic heterocycles. The van der Waals surface area contributed by atoms with Gasteiger partial charge in [0, 0.05) is 26.1 Å². The van der Waals surface area contributed by atoms with Gasteiger partial charge >= 0.3 is 0 Å². The first-order valence-corrected chi connectivity index (χ1v) is 7.04. The molecule has 0 spiro atoms. The lowest BCUT2D eigenvalue weighted by Gasteiger charge is -2.13. The second-order valence-corrected chi connectivity index (χ2v) is 4.71. The van der Waals surface area contributed by atoms with E-state index in [9.17, 15) is 9.90 Å². The van der Waals surface area contributed by atoms with Gasteiger partial charge in [-0.05, 0) is 19.1 Å². The molecule has 3 N–H and O–H groups in total. The summed E-state index contributed by atoms with van der Waals surface area (Å²) in [7, 11) is 0. The molecule has 0 fully saturated rings. The summed E-state index contributed by atoms with van der Waals surface area (Å²) >= 11 is 5.93. The van der Waals surface area contributed by atoms with Crippen molar-refractivity contribution in [1.82, 2.24) is 10.6 Å². The molecule has 5 nitrogen and oxygen atoms in total. The number of carbonyl (C=O) groups excluding carboxylic acids is 1. The fourth-order valence-corrected chi connectivity index (χ4v) is 1.75. The molecule has 0 bridgehead atoms. The lowest BCUT2D eigenvalue weighted by molar-refractivity contribution is -0.120. The van der Waals surface area contributed by atoms with Crippen LogP contribution in [0.2, 0.25) is 5.02 Å². The molecule has 1 atom stereocenters. The Bertz CT molecular complexity index is 415. The van der Waals surface area contributed by atoms with E-state index in [0.717, 1.165) is 0 Å². The Hall–Kier alpha value is -1.30. The molecular formula is C14H21ClN2O3. The molecule has 112 valence electrons. The van der Waals surface area contributed by atoms with Crippen LogP contribution in [0.3, 0.4) is 0 Å². The van der Waals surface area contributed by atoms with E-state index >= 15 is 0 Å². The van der Waals surface area contributed by atoms with E-state index in [0.29, 0.717) is 36.8 Å². The van der Waals surface area contributed by atoms with E-state index in [1.165, 1.54) is 0 Å². The average Bonchev–Trinajstić information content (AvgIpc) is 2.43. The van der Waals surface area contributed by atoms with E-state index in [-0.39, 0.29) is 12.5 Å². The van der Waals surface area contributed by atoms with E-state index < -0.39 is 6.10 Å². The van der Waals surface area contributed by atoms with Crippen molar-refractivity contribution >= 4 is 17.5 Å². The number of hydrogen-bond donors (Lipinski definition) is 3. The Morgan fingerprint density at radius 2 is 2.20 bits per heavy atom. The molecule has 1 aromatic carbocycles. The van der Waals surface area contributed by atoms with Gasteiger partial charge in [-0.15, -0.1) is 0 Å². The summed E-state index contributed by atoms with van der Waals surface area (Å²) in [5.41, 5.74) is 0. The van der Waals surface area contributed by atoms with Gasteiger partial charge in [0.05, 0.1) is 5.02 Å². The van der Waals surface area contributed by atoms with Gasteiger partial charge in [0.2, 0.25) is 5.91 Å². The van der Waals surface area contributed by atoms with Crippen LogP contribution >= 0.6 is 11.6 Å². The molecule has 0 aliphatic rings. The van der Waals surface area contributed by atoms with Crippen molar-refractivity contribution < 1.29 is 14.6 Å². The van der Waals surface area contributed by atoms with Gasteiger partial charge in [0.15, 0.2) is 0 Å². The molecule has 1 rings (SSSR count). The molecular weight excluding hydrogens is 280 g/mol. The molecule has 0 saturated carbocycles. The molecule has 1 amide bonds. The van der Waals surface area contributed by atoms with Crippen LogP contribution < -0.4 is 15.4 Å². The number of para-hydroxylation sites is 1. The number of aliphatic hydroxyl groups is 1. The smallest absolute Gasteiger partial charge is 0.221 e. The van der Waals surface area contributed by atoms with E-state index in [1.54, 1.807) is 12.1 Å². The largest absolute Gasteiger partial charge is 0.489 e. The van der Waals surface area contributed by atoms with Crippen molar-refractivity contribution in [2.24, 2.45) is 0 Å². The van der Waals surface area contributed by atoms with Gasteiger partial charge < -0.3 is 20.5 Å². The summed E-state index contributed by atoms with van der Waals surface area (Å²) in [5.74, 6) is 0.553. The van der Waals surface area contributed by atoms with E-state index in [1.807, 2.05) is 19.1 Å². The molecule has 0 aliphatic carbocycles. The van der Waals surface area contributed by atoms with Crippen molar-refractivity contribution in [2.75, 3.05) is 26.2 Å². The van der Waals surface area contributed by atoms with Crippen LogP contribution in [0.25, 0.3) is 0 Å². The minimum atomic E-state index is -0.652. The summed E-state index contributed by atoms with van der Waals surface area (Å²) in [6.45, 7) is 3.55. The fraction of sp³-hybridized carbons (Fsp3) is 0.500. The van der Waals surface area contributed by atoms with Crippen LogP contribution in [0.5, 0.6) is 5.75 Å². The number of carbonyl (C=O) groups is 1. The second-order valence-electron chi connectivity index (χ2n) is 4.30. The maximum absolute atomic E-state index is 11.2. The molecule has 0 saturated heterocycles. The average molecular weight is 301 g/mol. The topological polar surface area (TPSA) is 70.6 Å². The first-order chi connectivity index (χ1) is 9.63. The monoisotopic (exact) mass is 300 g/mol. The summed E-state index contributed by atoms with van der Waals surface area (Å²) in [6, 6.07) is 7.11. The maximum Gasteiger partial charge on any atom is 0.221 e. The number of aliphatic hydroxyl groups excluding tert-OH is 1. The van der Waals surface area contributed by atoms with E-state index in [2.05, 4.69) is 10.6 Å². The highest BCUT2D eigenvalue weighted by Crippen LogP contribution is 2.22. The zero-order valence-electron chi connectivity index (χ0n) is 11.6. The lowest BCUT2D eigenvalue weighted by Crippen LogP contribution is -2.34. The quantitative estimate of drug-likeness (QED) is 0.599. The maximum atomic E-state index is 11.2. The van der Waals surface area contributed by atoms with Gasteiger partial charge in [-0.2, -0.15) is 0 Å². The Kier molecular flexibility index (Phi) is 8.02. The molecule has 6 heteroatoms. The normalized spacial score (nSPS) is 11.9. The van der Waals surface area contributed by atoms with Gasteiger partial charge in [-0.1, -0.05) is 23.7 Å². The highest BCUT2D eigenvalue weighted by molar-refractivity contribution is 6.32. The van der Waals surface area contributed by atoms with Crippen molar-refractivity contribution in [2.45, 2.75) is 19.4 Å². The fourth-order valence-electron chi connectivity index (χ4n) is 1.56. The molecule has 0 aliphatic heterocycles. The molecule has 1 unspecified atom stereocenters. The highest BCUT2D eigenvalue weighted by atomic mass is 35.5. The van der Waals surface area contributed by atoms with E-state index in [4.69, 9.17) is 16.3 Å². The van der Waals surface area contributed by atoms with Crippen molar-refractivity contribution in [3.8, 4) is 5.75 Å². The van der Waals surface area contributed by atoms with Gasteiger partial charge in [-0.3, -0.25) is 4.79 Å². The van der Waals surface area contributed by atoms with Crippen LogP contribution in [-0.2, 0) is 4.79 Å². The number of nitrogens with one attached hydrogen (secondary N) is 2. The van der Waals surface area contributed by atoms with Crippen LogP contribution in [0.15, 0.2) is 24.3 Å². The third kappa shape index (κ3) is 6.75. The summed E-state index contributed by atoms with van der Waals surface area (Å²) in [6.07, 6.45) is -0.258. The highest BCUT2D eigenvalue weighted by Gasteiger charge is 2.07. The van der Waals surface area contributed by atoms with Crippen molar-refractivity contribution in [3.05, 3.63) is 29.3 Å². The minimum absolute atomic E-state index is 0.00167. The number of ether oxygens (including phenoxy) is 1. The first-order valence-electron chi connectivity index (χ1n) is 6.66. The zero-order chi connectivity index (χ0) is 14.8.